The molecule has 2 nitrogen and oxygen atoms in total. The van der Waals surface area contributed by atoms with Gasteiger partial charge in [-0.3, -0.25) is 0 Å². The van der Waals surface area contributed by atoms with Crippen LogP contribution in [0.2, 0.25) is 0 Å². The van der Waals surface area contributed by atoms with Crippen LogP contribution in [-0.2, 0) is 7.05 Å². The molecule has 13 heavy (non-hydrogen) atoms. The summed E-state index contributed by atoms with van der Waals surface area (Å²) in [5.74, 6) is 0. The van der Waals surface area contributed by atoms with Gasteiger partial charge in [0.15, 0.2) is 6.20 Å². The highest BCUT2D eigenvalue weighted by molar-refractivity contribution is 5.70. The third-order valence-corrected chi connectivity index (χ3v) is 2.25. The number of pyridine rings is 1. The van der Waals surface area contributed by atoms with Gasteiger partial charge in [-0.2, -0.15) is 4.57 Å². The summed E-state index contributed by atoms with van der Waals surface area (Å²) >= 11 is 0. The van der Waals surface area contributed by atoms with Gasteiger partial charge < -0.3 is 0 Å². The molecule has 0 aliphatic carbocycles. The predicted octanol–water partition coefficient (Wildman–Crippen LogP) is 0.981. The van der Waals surface area contributed by atoms with E-state index in [1.807, 2.05) is 6.07 Å². The molecule has 1 aromatic rings. The second-order valence-corrected chi connectivity index (χ2v) is 3.62. The Kier molecular flexibility index (Phi) is 3.18. The minimum Gasteiger partial charge on any atom is -0.231 e. The summed E-state index contributed by atoms with van der Waals surface area (Å²) in [6.07, 6.45) is 4.21. The van der Waals surface area contributed by atoms with Gasteiger partial charge in [0.25, 0.3) is 5.69 Å². The molecule has 1 heterocycles. The maximum atomic E-state index is 2.20. The third kappa shape index (κ3) is 2.65. The van der Waals surface area contributed by atoms with Crippen molar-refractivity contribution in [2.75, 3.05) is 7.05 Å². The highest BCUT2D eigenvalue weighted by Crippen LogP contribution is 1.88. The molecular weight excluding hydrogens is 160 g/mol. The Morgan fingerprint density at radius 2 is 2.08 bits per heavy atom. The van der Waals surface area contributed by atoms with Crippen LogP contribution in [0.4, 0.5) is 0 Å². The van der Waals surface area contributed by atoms with Crippen LogP contribution in [0.3, 0.4) is 0 Å². The molecule has 0 saturated carbocycles. The second kappa shape index (κ2) is 4.17. The fourth-order valence-electron chi connectivity index (χ4n) is 1.03. The van der Waals surface area contributed by atoms with Crippen LogP contribution in [0.5, 0.6) is 0 Å². The molecule has 0 spiro atoms. The zero-order valence-corrected chi connectivity index (χ0v) is 8.86. The molecule has 1 aromatic heterocycles. The Balaban J connectivity index is 2.97. The van der Waals surface area contributed by atoms with Crippen molar-refractivity contribution < 1.29 is 9.14 Å². The first-order valence-electron chi connectivity index (χ1n) is 4.62. The average molecular weight is 178 g/mol. The fourth-order valence-corrected chi connectivity index (χ4v) is 1.03. The Morgan fingerprint density at radius 1 is 1.38 bits per heavy atom. The molecule has 0 N–H and O–H groups in total. The maximum Gasteiger partial charge on any atom is 0.268 e. The van der Waals surface area contributed by atoms with Crippen molar-refractivity contribution in [1.82, 2.24) is 0 Å². The fraction of sp³-hybridized carbons (Fsp3) is 0.455. The zero-order valence-electron chi connectivity index (χ0n) is 8.86. The first-order valence-corrected chi connectivity index (χ1v) is 4.62. The van der Waals surface area contributed by atoms with E-state index < -0.39 is 0 Å². The van der Waals surface area contributed by atoms with Gasteiger partial charge in [0.1, 0.15) is 20.1 Å². The van der Waals surface area contributed by atoms with Crippen molar-refractivity contribution in [2.45, 2.75) is 19.9 Å². The van der Waals surface area contributed by atoms with Crippen molar-refractivity contribution in [3.63, 3.8) is 0 Å². The molecule has 0 aliphatic heterocycles. The summed E-state index contributed by atoms with van der Waals surface area (Å²) in [6.45, 7) is 4.36. The van der Waals surface area contributed by atoms with Crippen LogP contribution in [0.25, 0.3) is 0 Å². The standard InChI is InChI=1S/C11H18N2/c1-10(2)13(4)9-11-7-5-6-8-12(11)3/h5-10H,1-4H3/q+2. The van der Waals surface area contributed by atoms with Crippen LogP contribution in [0.15, 0.2) is 24.4 Å². The Morgan fingerprint density at radius 3 is 2.62 bits per heavy atom. The van der Waals surface area contributed by atoms with Crippen molar-refractivity contribution in [3.05, 3.63) is 30.1 Å². The number of rotatable bonds is 2. The van der Waals surface area contributed by atoms with E-state index in [1.54, 1.807) is 0 Å². The topological polar surface area (TPSA) is 6.89 Å². The number of hydrogen-bond donors (Lipinski definition) is 0. The average Bonchev–Trinajstić information content (AvgIpc) is 2.08. The summed E-state index contributed by atoms with van der Waals surface area (Å²) in [5.41, 5.74) is 1.22. The number of aryl methyl sites for hydroxylation is 1. The van der Waals surface area contributed by atoms with Crippen molar-refractivity contribution >= 4 is 6.21 Å². The van der Waals surface area contributed by atoms with E-state index in [1.165, 1.54) is 5.69 Å². The van der Waals surface area contributed by atoms with Crippen molar-refractivity contribution in [2.24, 2.45) is 7.05 Å². The molecule has 0 fully saturated rings. The summed E-state index contributed by atoms with van der Waals surface area (Å²) < 4.78 is 4.31. The van der Waals surface area contributed by atoms with Gasteiger partial charge in [0.2, 0.25) is 6.21 Å². The first kappa shape index (κ1) is 9.90. The second-order valence-electron chi connectivity index (χ2n) is 3.62. The first-order chi connectivity index (χ1) is 6.11. The highest BCUT2D eigenvalue weighted by Gasteiger charge is 2.08. The van der Waals surface area contributed by atoms with E-state index in [-0.39, 0.29) is 0 Å². The van der Waals surface area contributed by atoms with E-state index in [0.717, 1.165) is 0 Å². The van der Waals surface area contributed by atoms with E-state index >= 15 is 0 Å². The molecule has 0 radical (unpaired) electrons. The molecule has 0 unspecified atom stereocenters. The Labute approximate surface area is 80.2 Å². The van der Waals surface area contributed by atoms with Gasteiger partial charge in [0, 0.05) is 12.1 Å². The van der Waals surface area contributed by atoms with Gasteiger partial charge >= 0.3 is 0 Å². The summed E-state index contributed by atoms with van der Waals surface area (Å²) in [7, 11) is 4.15. The molecule has 0 saturated heterocycles. The lowest BCUT2D eigenvalue weighted by Crippen LogP contribution is -2.34. The van der Waals surface area contributed by atoms with Gasteiger partial charge in [-0.25, -0.2) is 4.58 Å². The molecule has 0 aliphatic rings. The lowest BCUT2D eigenvalue weighted by atomic mass is 10.3. The van der Waals surface area contributed by atoms with Gasteiger partial charge in [-0.15, -0.1) is 0 Å². The van der Waals surface area contributed by atoms with Crippen LogP contribution in [0, 0.1) is 0 Å². The SMILES string of the molecule is CC(C)[N+](C)=Cc1cccc[n+]1C. The van der Waals surface area contributed by atoms with Crippen LogP contribution in [-0.4, -0.2) is 23.9 Å². The van der Waals surface area contributed by atoms with Gasteiger partial charge in [-0.05, 0) is 19.9 Å². The van der Waals surface area contributed by atoms with Gasteiger partial charge in [0.05, 0.1) is 0 Å². The van der Waals surface area contributed by atoms with E-state index in [9.17, 15) is 0 Å². The molecule has 1 rings (SSSR count). The quantitative estimate of drug-likeness (QED) is 0.471. The predicted molar refractivity (Wildman–Crippen MR) is 54.1 cm³/mol. The molecule has 0 atom stereocenters. The highest BCUT2D eigenvalue weighted by atomic mass is 15.0. The molecule has 0 amide bonds. The van der Waals surface area contributed by atoms with Crippen LogP contribution < -0.4 is 4.57 Å². The molecular formula is C11H18N2+2. The largest absolute Gasteiger partial charge is 0.268 e. The molecule has 0 aromatic carbocycles. The Bertz CT molecular complexity index is 314. The number of hydrogen-bond acceptors (Lipinski definition) is 0. The summed E-state index contributed by atoms with van der Waals surface area (Å²) in [6, 6.07) is 6.74. The Hall–Kier alpha value is -1.18. The summed E-state index contributed by atoms with van der Waals surface area (Å²) in [4.78, 5) is 0. The lowest BCUT2D eigenvalue weighted by molar-refractivity contribution is -0.675. The number of nitrogens with zero attached hydrogens (tertiary/aromatic N) is 2. The minimum absolute atomic E-state index is 0.542. The molecule has 70 valence electrons. The van der Waals surface area contributed by atoms with E-state index in [4.69, 9.17) is 0 Å². The minimum atomic E-state index is 0.542. The lowest BCUT2D eigenvalue weighted by Gasteiger charge is -1.99. The third-order valence-electron chi connectivity index (χ3n) is 2.25. The molecule has 2 heteroatoms. The van der Waals surface area contributed by atoms with Crippen molar-refractivity contribution in [1.29, 1.82) is 0 Å². The van der Waals surface area contributed by atoms with Crippen molar-refractivity contribution in [3.8, 4) is 0 Å². The zero-order chi connectivity index (χ0) is 9.84. The van der Waals surface area contributed by atoms with Gasteiger partial charge in [-0.1, -0.05) is 0 Å². The summed E-state index contributed by atoms with van der Waals surface area (Å²) in [5, 5.41) is 0. The van der Waals surface area contributed by atoms with E-state index in [0.29, 0.717) is 6.04 Å². The van der Waals surface area contributed by atoms with Crippen LogP contribution in [0.1, 0.15) is 19.5 Å². The number of aromatic nitrogens is 1. The maximum absolute atomic E-state index is 2.20. The smallest absolute Gasteiger partial charge is 0.231 e. The molecule has 0 bridgehead atoms. The monoisotopic (exact) mass is 178 g/mol. The normalized spacial score (nSPS) is 12.2. The van der Waals surface area contributed by atoms with Crippen LogP contribution >= 0.6 is 0 Å². The van der Waals surface area contributed by atoms with E-state index in [2.05, 4.69) is 61.6 Å².